The van der Waals surface area contributed by atoms with Crippen molar-refractivity contribution in [1.82, 2.24) is 30.4 Å². The van der Waals surface area contributed by atoms with Crippen LogP contribution in [0.1, 0.15) is 18.4 Å². The highest BCUT2D eigenvalue weighted by Crippen LogP contribution is 2.34. The highest BCUT2D eigenvalue weighted by atomic mass is 32.2. The number of hydrogen-bond acceptors (Lipinski definition) is 7. The standard InChI is InChI=1S/C18H24N6O2S/c25-27(26)11-16-17(12-27)24(8-7-23(16)9-13-1-2-13)10-14-3-5-15(6-4-14)18-19-21-22-20-18/h3-6,13,16-17H,1-2,7-12H2,(H,19,20,21,22)/t16-,17+/m0/s1. The summed E-state index contributed by atoms with van der Waals surface area (Å²) in [7, 11) is -2.95. The largest absolute Gasteiger partial charge is 0.296 e. The van der Waals surface area contributed by atoms with Crippen LogP contribution >= 0.6 is 0 Å². The van der Waals surface area contributed by atoms with E-state index in [0.29, 0.717) is 17.3 Å². The zero-order valence-electron chi connectivity index (χ0n) is 15.2. The normalized spacial score (nSPS) is 28.3. The van der Waals surface area contributed by atoms with Gasteiger partial charge in [0.1, 0.15) is 0 Å². The van der Waals surface area contributed by atoms with E-state index < -0.39 is 9.84 Å². The smallest absolute Gasteiger partial charge is 0.204 e. The molecular formula is C18H24N6O2S. The Balaban J connectivity index is 1.31. The molecule has 3 heterocycles. The number of rotatable bonds is 5. The van der Waals surface area contributed by atoms with Gasteiger partial charge in [-0.15, -0.1) is 10.2 Å². The molecule has 5 rings (SSSR count). The lowest BCUT2D eigenvalue weighted by Crippen LogP contribution is -2.59. The molecule has 0 unspecified atom stereocenters. The van der Waals surface area contributed by atoms with Gasteiger partial charge < -0.3 is 0 Å². The second kappa shape index (κ2) is 6.65. The lowest BCUT2D eigenvalue weighted by atomic mass is 10.0. The molecule has 3 aliphatic rings. The van der Waals surface area contributed by atoms with Crippen LogP contribution in [-0.2, 0) is 16.4 Å². The van der Waals surface area contributed by atoms with Crippen molar-refractivity contribution in [3.8, 4) is 11.4 Å². The lowest BCUT2D eigenvalue weighted by molar-refractivity contribution is 0.0376. The Bertz CT molecular complexity index is 894. The zero-order valence-corrected chi connectivity index (χ0v) is 16.0. The van der Waals surface area contributed by atoms with E-state index >= 15 is 0 Å². The van der Waals surface area contributed by atoms with Crippen molar-refractivity contribution in [2.24, 2.45) is 5.92 Å². The van der Waals surface area contributed by atoms with E-state index in [1.807, 2.05) is 12.1 Å². The molecular weight excluding hydrogens is 364 g/mol. The molecule has 1 saturated carbocycles. The molecule has 27 heavy (non-hydrogen) atoms. The molecule has 1 N–H and O–H groups in total. The average Bonchev–Trinajstić information content (AvgIpc) is 3.16. The zero-order chi connectivity index (χ0) is 18.4. The summed E-state index contributed by atoms with van der Waals surface area (Å²) >= 11 is 0. The number of fused-ring (bicyclic) bond motifs is 1. The Morgan fingerprint density at radius 1 is 1.04 bits per heavy atom. The maximum atomic E-state index is 12.3. The molecule has 0 radical (unpaired) electrons. The first-order valence-corrected chi connectivity index (χ1v) is 11.4. The van der Waals surface area contributed by atoms with Crippen LogP contribution < -0.4 is 0 Å². The minimum Gasteiger partial charge on any atom is -0.296 e. The lowest BCUT2D eigenvalue weighted by Gasteiger charge is -2.44. The second-order valence-electron chi connectivity index (χ2n) is 8.05. The topological polar surface area (TPSA) is 95.1 Å². The molecule has 2 atom stereocenters. The SMILES string of the molecule is O=S1(=O)C[C@@H]2[C@H](C1)N(CC1CC1)CCN2Cc1ccc(-c2nn[nH]n2)cc1. The number of H-pyrrole nitrogens is 1. The summed E-state index contributed by atoms with van der Waals surface area (Å²) in [5, 5.41) is 14.1. The van der Waals surface area contributed by atoms with Crippen LogP contribution in [0.3, 0.4) is 0 Å². The molecule has 0 spiro atoms. The van der Waals surface area contributed by atoms with E-state index in [-0.39, 0.29) is 12.1 Å². The minimum atomic E-state index is -2.95. The highest BCUT2D eigenvalue weighted by Gasteiger charge is 2.47. The number of piperazine rings is 1. The van der Waals surface area contributed by atoms with Gasteiger partial charge in [0.05, 0.1) is 11.5 Å². The highest BCUT2D eigenvalue weighted by molar-refractivity contribution is 7.91. The van der Waals surface area contributed by atoms with Gasteiger partial charge in [-0.3, -0.25) is 9.80 Å². The summed E-state index contributed by atoms with van der Waals surface area (Å²) in [5.74, 6) is 1.98. The molecule has 0 bridgehead atoms. The van der Waals surface area contributed by atoms with Gasteiger partial charge >= 0.3 is 0 Å². The van der Waals surface area contributed by atoms with Gasteiger partial charge in [0.15, 0.2) is 9.84 Å². The van der Waals surface area contributed by atoms with Crippen LogP contribution in [0.5, 0.6) is 0 Å². The van der Waals surface area contributed by atoms with Crippen LogP contribution in [-0.4, -0.2) is 82.1 Å². The van der Waals surface area contributed by atoms with E-state index in [2.05, 4.69) is 42.6 Å². The molecule has 144 valence electrons. The molecule has 1 aromatic heterocycles. The summed E-state index contributed by atoms with van der Waals surface area (Å²) in [6.07, 6.45) is 2.61. The van der Waals surface area contributed by atoms with Crippen molar-refractivity contribution in [2.45, 2.75) is 31.5 Å². The first-order chi connectivity index (χ1) is 13.1. The van der Waals surface area contributed by atoms with Crippen molar-refractivity contribution in [3.05, 3.63) is 29.8 Å². The van der Waals surface area contributed by atoms with E-state index in [1.54, 1.807) is 0 Å². The quantitative estimate of drug-likeness (QED) is 0.800. The molecule has 3 fully saturated rings. The number of tetrazole rings is 1. The maximum absolute atomic E-state index is 12.3. The Labute approximate surface area is 158 Å². The molecule has 2 aromatic rings. The van der Waals surface area contributed by atoms with E-state index in [9.17, 15) is 8.42 Å². The van der Waals surface area contributed by atoms with E-state index in [4.69, 9.17) is 0 Å². The fraction of sp³-hybridized carbons (Fsp3) is 0.611. The predicted molar refractivity (Wildman–Crippen MR) is 101 cm³/mol. The Morgan fingerprint density at radius 3 is 2.41 bits per heavy atom. The molecule has 2 aliphatic heterocycles. The van der Waals surface area contributed by atoms with Crippen molar-refractivity contribution in [2.75, 3.05) is 31.1 Å². The molecule has 9 heteroatoms. The monoisotopic (exact) mass is 388 g/mol. The number of aromatic nitrogens is 4. The third-order valence-corrected chi connectivity index (χ3v) is 7.74. The van der Waals surface area contributed by atoms with Gasteiger partial charge in [0.25, 0.3) is 0 Å². The maximum Gasteiger partial charge on any atom is 0.204 e. The van der Waals surface area contributed by atoms with Gasteiger partial charge in [-0.05, 0) is 29.5 Å². The first-order valence-electron chi connectivity index (χ1n) is 9.59. The second-order valence-corrected chi connectivity index (χ2v) is 10.2. The van der Waals surface area contributed by atoms with Gasteiger partial charge in [-0.2, -0.15) is 5.21 Å². The fourth-order valence-electron chi connectivity index (χ4n) is 4.43. The van der Waals surface area contributed by atoms with Crippen LogP contribution in [0, 0.1) is 5.92 Å². The minimum absolute atomic E-state index is 0.111. The van der Waals surface area contributed by atoms with Crippen LogP contribution in [0.25, 0.3) is 11.4 Å². The summed E-state index contributed by atoms with van der Waals surface area (Å²) in [5.41, 5.74) is 2.10. The third-order valence-electron chi connectivity index (χ3n) is 6.04. The van der Waals surface area contributed by atoms with Crippen molar-refractivity contribution < 1.29 is 8.42 Å². The summed E-state index contributed by atoms with van der Waals surface area (Å²) in [4.78, 5) is 4.81. The summed E-state index contributed by atoms with van der Waals surface area (Å²) in [6, 6.07) is 8.39. The number of sulfone groups is 1. The van der Waals surface area contributed by atoms with E-state index in [0.717, 1.165) is 37.7 Å². The van der Waals surface area contributed by atoms with Crippen LogP contribution in [0.15, 0.2) is 24.3 Å². The number of aromatic amines is 1. The van der Waals surface area contributed by atoms with E-state index in [1.165, 1.54) is 18.4 Å². The number of benzene rings is 1. The number of nitrogens with one attached hydrogen (secondary N) is 1. The summed E-state index contributed by atoms with van der Waals surface area (Å²) < 4.78 is 24.7. The fourth-order valence-corrected chi connectivity index (χ4v) is 6.47. The molecule has 1 aliphatic carbocycles. The Hall–Kier alpha value is -1.84. The van der Waals surface area contributed by atoms with Crippen molar-refractivity contribution >= 4 is 9.84 Å². The first kappa shape index (κ1) is 17.3. The van der Waals surface area contributed by atoms with Crippen molar-refractivity contribution in [1.29, 1.82) is 0 Å². The average molecular weight is 388 g/mol. The van der Waals surface area contributed by atoms with Gasteiger partial charge in [-0.1, -0.05) is 24.3 Å². The molecule has 2 saturated heterocycles. The Kier molecular flexibility index (Phi) is 4.25. The number of nitrogens with zero attached hydrogens (tertiary/aromatic N) is 5. The number of hydrogen-bond donors (Lipinski definition) is 1. The molecule has 0 amide bonds. The van der Waals surface area contributed by atoms with Gasteiger partial charge in [0.2, 0.25) is 5.82 Å². The van der Waals surface area contributed by atoms with Crippen molar-refractivity contribution in [3.63, 3.8) is 0 Å². The van der Waals surface area contributed by atoms with Crippen LogP contribution in [0.2, 0.25) is 0 Å². The van der Waals surface area contributed by atoms with Crippen LogP contribution in [0.4, 0.5) is 0 Å². The molecule has 1 aromatic carbocycles. The van der Waals surface area contributed by atoms with Gasteiger partial charge in [-0.25, -0.2) is 8.42 Å². The Morgan fingerprint density at radius 2 is 1.74 bits per heavy atom. The third kappa shape index (κ3) is 3.63. The predicted octanol–water partition coefficient (Wildman–Crippen LogP) is 0.560. The summed E-state index contributed by atoms with van der Waals surface area (Å²) in [6.45, 7) is 3.74. The molecule has 8 nitrogen and oxygen atoms in total. The van der Waals surface area contributed by atoms with Gasteiger partial charge in [0, 0.05) is 43.8 Å².